The number of carbonyl (C=O) groups excluding carboxylic acids is 2. The van der Waals surface area contributed by atoms with Crippen LogP contribution in [0, 0.1) is 0 Å². The first-order valence-electron chi connectivity index (χ1n) is 10.4. The number of hydrogen-bond acceptors (Lipinski definition) is 6. The molecular formula is C22H23N5O4. The van der Waals surface area contributed by atoms with Gasteiger partial charge in [0.05, 0.1) is 25.1 Å². The van der Waals surface area contributed by atoms with Crippen molar-refractivity contribution in [3.8, 4) is 5.75 Å². The molecule has 0 radical (unpaired) electrons. The van der Waals surface area contributed by atoms with Gasteiger partial charge in [-0.05, 0) is 31.0 Å². The van der Waals surface area contributed by atoms with Crippen LogP contribution in [0.25, 0.3) is 11.2 Å². The molecule has 9 nitrogen and oxygen atoms in total. The molecule has 3 aromatic rings. The average molecular weight is 421 g/mol. The molecule has 0 spiro atoms. The number of nitrogens with one attached hydrogen (secondary N) is 1. The van der Waals surface area contributed by atoms with Crippen LogP contribution in [0.3, 0.4) is 0 Å². The van der Waals surface area contributed by atoms with Gasteiger partial charge in [-0.3, -0.25) is 9.59 Å². The lowest BCUT2D eigenvalue weighted by Gasteiger charge is -2.26. The molecule has 5 rings (SSSR count). The number of pyridine rings is 1. The smallest absolute Gasteiger partial charge is 0.260 e. The van der Waals surface area contributed by atoms with E-state index in [4.69, 9.17) is 9.47 Å². The van der Waals surface area contributed by atoms with Crippen molar-refractivity contribution in [2.75, 3.05) is 38.2 Å². The summed E-state index contributed by atoms with van der Waals surface area (Å²) in [4.78, 5) is 35.5. The highest BCUT2D eigenvalue weighted by Crippen LogP contribution is 2.36. The van der Waals surface area contributed by atoms with Gasteiger partial charge in [0.1, 0.15) is 11.3 Å². The van der Waals surface area contributed by atoms with Crippen molar-refractivity contribution in [3.05, 3.63) is 48.4 Å². The van der Waals surface area contributed by atoms with Gasteiger partial charge in [-0.2, -0.15) is 0 Å². The number of aromatic nitrogens is 3. The van der Waals surface area contributed by atoms with Gasteiger partial charge < -0.3 is 24.3 Å². The van der Waals surface area contributed by atoms with E-state index in [0.29, 0.717) is 54.9 Å². The summed E-state index contributed by atoms with van der Waals surface area (Å²) in [5.74, 6) is 0.149. The number of benzene rings is 1. The summed E-state index contributed by atoms with van der Waals surface area (Å²) >= 11 is 0. The van der Waals surface area contributed by atoms with E-state index in [0.717, 1.165) is 18.5 Å². The van der Waals surface area contributed by atoms with Crippen molar-refractivity contribution in [2.24, 2.45) is 0 Å². The molecule has 1 saturated heterocycles. The molecule has 2 aliphatic rings. The van der Waals surface area contributed by atoms with Crippen LogP contribution in [-0.2, 0) is 9.53 Å². The van der Waals surface area contributed by atoms with Gasteiger partial charge >= 0.3 is 0 Å². The second kappa shape index (κ2) is 8.35. The highest BCUT2D eigenvalue weighted by atomic mass is 16.5. The number of ether oxygens (including phenoxy) is 2. The highest BCUT2D eigenvalue weighted by molar-refractivity contribution is 6.05. The molecule has 1 aliphatic heterocycles. The van der Waals surface area contributed by atoms with E-state index in [2.05, 4.69) is 19.9 Å². The van der Waals surface area contributed by atoms with Crippen molar-refractivity contribution < 1.29 is 19.1 Å². The maximum atomic E-state index is 12.7. The lowest BCUT2D eigenvalue weighted by atomic mass is 10.2. The van der Waals surface area contributed by atoms with Crippen molar-refractivity contribution >= 4 is 28.7 Å². The Morgan fingerprint density at radius 2 is 2.00 bits per heavy atom. The van der Waals surface area contributed by atoms with E-state index in [1.807, 2.05) is 0 Å². The van der Waals surface area contributed by atoms with Gasteiger partial charge in [-0.15, -0.1) is 0 Å². The fourth-order valence-corrected chi connectivity index (χ4v) is 3.58. The normalized spacial score (nSPS) is 16.3. The molecule has 1 aromatic carbocycles. The minimum absolute atomic E-state index is 0.0539. The van der Waals surface area contributed by atoms with Crippen LogP contribution in [0.1, 0.15) is 29.2 Å². The Morgan fingerprint density at radius 1 is 1.16 bits per heavy atom. The topological polar surface area (TPSA) is 98.6 Å². The van der Waals surface area contributed by atoms with Crippen molar-refractivity contribution in [3.63, 3.8) is 0 Å². The highest BCUT2D eigenvalue weighted by Gasteiger charge is 2.25. The van der Waals surface area contributed by atoms with E-state index in [-0.39, 0.29) is 18.4 Å². The van der Waals surface area contributed by atoms with Crippen LogP contribution in [0.5, 0.6) is 5.75 Å². The molecule has 0 bridgehead atoms. The van der Waals surface area contributed by atoms with Crippen LogP contribution in [-0.4, -0.2) is 64.2 Å². The monoisotopic (exact) mass is 421 g/mol. The SMILES string of the molecule is O=C(Nc1cccc(OCC(=O)N2CCOCC2)c1)c1cnc2c(c1)ncn2C1CC1. The van der Waals surface area contributed by atoms with Gasteiger partial charge in [-0.25, -0.2) is 9.97 Å². The van der Waals surface area contributed by atoms with Gasteiger partial charge in [-0.1, -0.05) is 6.07 Å². The molecular weight excluding hydrogens is 398 g/mol. The molecule has 0 unspecified atom stereocenters. The lowest BCUT2D eigenvalue weighted by Crippen LogP contribution is -2.42. The predicted molar refractivity (Wildman–Crippen MR) is 113 cm³/mol. The Balaban J connectivity index is 1.22. The summed E-state index contributed by atoms with van der Waals surface area (Å²) in [5, 5.41) is 2.85. The van der Waals surface area contributed by atoms with Gasteiger partial charge in [0.25, 0.3) is 11.8 Å². The largest absolute Gasteiger partial charge is 0.484 e. The molecule has 31 heavy (non-hydrogen) atoms. The number of amides is 2. The maximum Gasteiger partial charge on any atom is 0.260 e. The van der Waals surface area contributed by atoms with Crippen molar-refractivity contribution in [1.29, 1.82) is 0 Å². The summed E-state index contributed by atoms with van der Waals surface area (Å²) in [6, 6.07) is 9.21. The number of rotatable bonds is 6. The molecule has 1 aliphatic carbocycles. The van der Waals surface area contributed by atoms with Crippen LogP contribution < -0.4 is 10.1 Å². The molecule has 160 valence electrons. The third kappa shape index (κ3) is 4.36. The summed E-state index contributed by atoms with van der Waals surface area (Å²) in [5.41, 5.74) is 2.52. The first-order chi connectivity index (χ1) is 15.2. The Bertz CT molecular complexity index is 1120. The summed E-state index contributed by atoms with van der Waals surface area (Å²) in [6.45, 7) is 2.20. The van der Waals surface area contributed by atoms with E-state index in [1.165, 1.54) is 0 Å². The van der Waals surface area contributed by atoms with E-state index in [9.17, 15) is 9.59 Å². The molecule has 2 aromatic heterocycles. The van der Waals surface area contributed by atoms with Crippen LogP contribution >= 0.6 is 0 Å². The number of fused-ring (bicyclic) bond motifs is 1. The standard InChI is InChI=1S/C22H23N5O4/c28-20(26-6-8-30-9-7-26)13-31-18-3-1-2-16(11-18)25-22(29)15-10-19-21(23-12-15)27(14-24-19)17-4-5-17/h1-3,10-12,14,17H,4-9,13H2,(H,25,29). The van der Waals surface area contributed by atoms with Gasteiger partial charge in [0, 0.05) is 37.1 Å². The third-order valence-corrected chi connectivity index (χ3v) is 5.43. The minimum atomic E-state index is -0.281. The Labute approximate surface area is 179 Å². The number of imidazole rings is 1. The summed E-state index contributed by atoms with van der Waals surface area (Å²) in [6.07, 6.45) is 5.65. The average Bonchev–Trinajstić information content (AvgIpc) is 3.56. The summed E-state index contributed by atoms with van der Waals surface area (Å²) < 4.78 is 13.0. The molecule has 3 heterocycles. The third-order valence-electron chi connectivity index (χ3n) is 5.43. The zero-order chi connectivity index (χ0) is 21.2. The second-order valence-electron chi connectivity index (χ2n) is 7.71. The number of nitrogens with zero attached hydrogens (tertiary/aromatic N) is 4. The maximum absolute atomic E-state index is 12.7. The molecule has 2 fully saturated rings. The van der Waals surface area contributed by atoms with E-state index < -0.39 is 0 Å². The zero-order valence-corrected chi connectivity index (χ0v) is 17.0. The van der Waals surface area contributed by atoms with E-state index >= 15 is 0 Å². The lowest BCUT2D eigenvalue weighted by molar-refractivity contribution is -0.137. The molecule has 0 atom stereocenters. The van der Waals surface area contributed by atoms with Crippen LogP contribution in [0.4, 0.5) is 5.69 Å². The first-order valence-corrected chi connectivity index (χ1v) is 10.4. The number of carbonyl (C=O) groups is 2. The minimum Gasteiger partial charge on any atom is -0.484 e. The number of morpholine rings is 1. The zero-order valence-electron chi connectivity index (χ0n) is 17.0. The Hall–Kier alpha value is -3.46. The van der Waals surface area contributed by atoms with Crippen LogP contribution in [0.2, 0.25) is 0 Å². The molecule has 1 saturated carbocycles. The molecule has 2 amide bonds. The van der Waals surface area contributed by atoms with Crippen LogP contribution in [0.15, 0.2) is 42.9 Å². The molecule has 9 heteroatoms. The van der Waals surface area contributed by atoms with Gasteiger partial charge in [0.15, 0.2) is 12.3 Å². The fraction of sp³-hybridized carbons (Fsp3) is 0.364. The summed E-state index contributed by atoms with van der Waals surface area (Å²) in [7, 11) is 0. The number of anilines is 1. The Morgan fingerprint density at radius 3 is 2.81 bits per heavy atom. The van der Waals surface area contributed by atoms with Gasteiger partial charge in [0.2, 0.25) is 0 Å². The second-order valence-corrected chi connectivity index (χ2v) is 7.71. The predicted octanol–water partition coefficient (Wildman–Crippen LogP) is 2.26. The van der Waals surface area contributed by atoms with Crippen molar-refractivity contribution in [2.45, 2.75) is 18.9 Å². The quantitative estimate of drug-likeness (QED) is 0.656. The molecule has 1 N–H and O–H groups in total. The van der Waals surface area contributed by atoms with Crippen molar-refractivity contribution in [1.82, 2.24) is 19.4 Å². The number of hydrogen-bond donors (Lipinski definition) is 1. The first kappa shape index (κ1) is 19.5. The Kier molecular flexibility index (Phi) is 5.25. The van der Waals surface area contributed by atoms with E-state index in [1.54, 1.807) is 47.8 Å². The fourth-order valence-electron chi connectivity index (χ4n) is 3.58.